The van der Waals surface area contributed by atoms with Crippen molar-refractivity contribution in [2.45, 2.75) is 58.7 Å². The minimum Gasteiger partial charge on any atom is -0.494 e. The van der Waals surface area contributed by atoms with Crippen LogP contribution in [-0.4, -0.2) is 71.4 Å². The molecule has 4 N–H and O–H groups in total. The Kier molecular flexibility index (Phi) is 9.25. The number of likely N-dealkylation sites (N-methyl/N-ethyl adjacent to an activating group) is 1. The van der Waals surface area contributed by atoms with Crippen molar-refractivity contribution in [1.82, 2.24) is 25.5 Å². The first kappa shape index (κ1) is 30.6. The molecule has 0 aliphatic carbocycles. The van der Waals surface area contributed by atoms with Crippen molar-refractivity contribution < 1.29 is 23.5 Å². The summed E-state index contributed by atoms with van der Waals surface area (Å²) >= 11 is 0. The van der Waals surface area contributed by atoms with Crippen molar-refractivity contribution >= 4 is 45.8 Å². The van der Waals surface area contributed by atoms with Gasteiger partial charge in [-0.2, -0.15) is 0 Å². The van der Waals surface area contributed by atoms with Gasteiger partial charge in [-0.3, -0.25) is 14.4 Å². The van der Waals surface area contributed by atoms with Crippen LogP contribution < -0.4 is 26.0 Å². The molecule has 4 rings (SSSR count). The molecule has 2 heterocycles. The number of para-hydroxylation sites is 1. The second-order valence-corrected chi connectivity index (χ2v) is 11.4. The Morgan fingerprint density at radius 1 is 1.12 bits per heavy atom. The molecule has 0 unspecified atom stereocenters. The van der Waals surface area contributed by atoms with E-state index in [4.69, 9.17) is 4.74 Å². The van der Waals surface area contributed by atoms with Crippen molar-refractivity contribution in [2.24, 2.45) is 5.41 Å². The summed E-state index contributed by atoms with van der Waals surface area (Å²) in [6, 6.07) is 7.49. The van der Waals surface area contributed by atoms with Crippen LogP contribution in [0, 0.1) is 11.2 Å². The lowest BCUT2D eigenvalue weighted by atomic mass is 9.85. The molecule has 11 nitrogen and oxygen atoms in total. The number of aromatic nitrogens is 2. The van der Waals surface area contributed by atoms with Crippen LogP contribution in [0.5, 0.6) is 5.75 Å². The van der Waals surface area contributed by atoms with Gasteiger partial charge in [-0.05, 0) is 50.4 Å². The van der Waals surface area contributed by atoms with E-state index in [0.29, 0.717) is 47.5 Å². The second-order valence-electron chi connectivity index (χ2n) is 11.4. The van der Waals surface area contributed by atoms with Crippen LogP contribution in [-0.2, 0) is 14.4 Å². The predicted molar refractivity (Wildman–Crippen MR) is 159 cm³/mol. The standard InChI is InChI=1S/C30H38FN7O4/c1-17(32-5)27(39)37-25(30(2,3)4)29(41)38-13-9-12-23(38)28(40)36-22-14-18-21(15-24(22)42-6)33-16-34-26(18)35-20-11-8-7-10-19(20)31/h7-8,10-11,14-17,23,25,32H,9,12-13H2,1-6H3,(H,36,40)(H,37,39)(H,33,34,35)/t17-,23-,25+/m0/s1. The average Bonchev–Trinajstić information content (AvgIpc) is 3.46. The molecular formula is C30H38FN7O4. The third-order valence-corrected chi connectivity index (χ3v) is 7.41. The maximum absolute atomic E-state index is 14.3. The van der Waals surface area contributed by atoms with E-state index in [1.54, 1.807) is 44.3 Å². The van der Waals surface area contributed by atoms with Gasteiger partial charge in [-0.25, -0.2) is 14.4 Å². The third kappa shape index (κ3) is 6.59. The molecule has 1 saturated heterocycles. The quantitative estimate of drug-likeness (QED) is 0.302. The molecule has 0 spiro atoms. The Balaban J connectivity index is 1.60. The number of ether oxygens (including phenoxy) is 1. The van der Waals surface area contributed by atoms with Crippen molar-refractivity contribution in [2.75, 3.05) is 31.3 Å². The predicted octanol–water partition coefficient (Wildman–Crippen LogP) is 3.59. The number of carbonyl (C=O) groups is 3. The first-order valence-electron chi connectivity index (χ1n) is 13.9. The highest BCUT2D eigenvalue weighted by molar-refractivity contribution is 6.03. The summed E-state index contributed by atoms with van der Waals surface area (Å²) in [6.45, 7) is 7.73. The number of nitrogens with one attached hydrogen (secondary N) is 4. The van der Waals surface area contributed by atoms with Crippen LogP contribution >= 0.6 is 0 Å². The van der Waals surface area contributed by atoms with E-state index in [0.717, 1.165) is 0 Å². The van der Waals surface area contributed by atoms with Crippen LogP contribution in [0.3, 0.4) is 0 Å². The number of likely N-dealkylation sites (tertiary alicyclic amines) is 1. The van der Waals surface area contributed by atoms with Gasteiger partial charge >= 0.3 is 0 Å². The maximum atomic E-state index is 14.3. The van der Waals surface area contributed by atoms with Crippen LogP contribution in [0.2, 0.25) is 0 Å². The highest BCUT2D eigenvalue weighted by Gasteiger charge is 2.42. The number of methoxy groups -OCH3 is 1. The van der Waals surface area contributed by atoms with Crippen LogP contribution in [0.25, 0.3) is 10.9 Å². The van der Waals surface area contributed by atoms with Crippen LogP contribution in [0.1, 0.15) is 40.5 Å². The fourth-order valence-electron chi connectivity index (χ4n) is 4.87. The second kappa shape index (κ2) is 12.7. The zero-order chi connectivity index (χ0) is 30.6. The summed E-state index contributed by atoms with van der Waals surface area (Å²) in [6.07, 6.45) is 2.46. The number of anilines is 3. The van der Waals surface area contributed by atoms with Gasteiger partial charge in [-0.15, -0.1) is 0 Å². The molecule has 3 amide bonds. The molecule has 42 heavy (non-hydrogen) atoms. The van der Waals surface area contributed by atoms with E-state index in [1.165, 1.54) is 24.4 Å². The van der Waals surface area contributed by atoms with Gasteiger partial charge in [-0.1, -0.05) is 32.9 Å². The Hall–Kier alpha value is -4.32. The number of amides is 3. The Bertz CT molecular complexity index is 1480. The number of carbonyl (C=O) groups excluding carboxylic acids is 3. The first-order valence-corrected chi connectivity index (χ1v) is 13.9. The number of fused-ring (bicyclic) bond motifs is 1. The molecule has 1 aliphatic heterocycles. The van der Waals surface area contributed by atoms with Gasteiger partial charge in [0.15, 0.2) is 0 Å². The number of nitrogens with zero attached hydrogens (tertiary/aromatic N) is 3. The monoisotopic (exact) mass is 579 g/mol. The highest BCUT2D eigenvalue weighted by atomic mass is 19.1. The van der Waals surface area contributed by atoms with Crippen molar-refractivity contribution in [3.05, 3.63) is 48.5 Å². The minimum atomic E-state index is -0.825. The zero-order valence-corrected chi connectivity index (χ0v) is 24.7. The number of rotatable bonds is 9. The van der Waals surface area contributed by atoms with E-state index in [1.807, 2.05) is 20.8 Å². The molecule has 224 valence electrons. The highest BCUT2D eigenvalue weighted by Crippen LogP contribution is 2.34. The lowest BCUT2D eigenvalue weighted by molar-refractivity contribution is -0.143. The van der Waals surface area contributed by atoms with E-state index >= 15 is 0 Å². The van der Waals surface area contributed by atoms with Gasteiger partial charge in [0.25, 0.3) is 0 Å². The fourth-order valence-corrected chi connectivity index (χ4v) is 4.87. The molecule has 1 aliphatic rings. The minimum absolute atomic E-state index is 0.239. The zero-order valence-electron chi connectivity index (χ0n) is 24.7. The summed E-state index contributed by atoms with van der Waals surface area (Å²) in [4.78, 5) is 50.2. The summed E-state index contributed by atoms with van der Waals surface area (Å²) < 4.78 is 19.9. The Morgan fingerprint density at radius 3 is 2.52 bits per heavy atom. The van der Waals surface area contributed by atoms with Gasteiger partial charge in [0, 0.05) is 18.0 Å². The van der Waals surface area contributed by atoms with Crippen LogP contribution in [0.15, 0.2) is 42.7 Å². The molecule has 0 saturated carbocycles. The summed E-state index contributed by atoms with van der Waals surface area (Å²) in [7, 11) is 3.15. The number of hydrogen-bond donors (Lipinski definition) is 4. The van der Waals surface area contributed by atoms with E-state index in [2.05, 4.69) is 31.2 Å². The van der Waals surface area contributed by atoms with E-state index < -0.39 is 29.4 Å². The largest absolute Gasteiger partial charge is 0.494 e. The Labute approximate surface area is 244 Å². The van der Waals surface area contributed by atoms with E-state index in [9.17, 15) is 18.8 Å². The molecule has 3 atom stereocenters. The van der Waals surface area contributed by atoms with Gasteiger partial charge in [0.1, 0.15) is 35.8 Å². The topological polar surface area (TPSA) is 138 Å². The molecular weight excluding hydrogens is 541 g/mol. The molecule has 1 aromatic heterocycles. The first-order chi connectivity index (χ1) is 19.9. The summed E-state index contributed by atoms with van der Waals surface area (Å²) in [5, 5.41) is 12.2. The number of halogens is 1. The van der Waals surface area contributed by atoms with Crippen molar-refractivity contribution in [3.63, 3.8) is 0 Å². The molecule has 1 fully saturated rings. The van der Waals surface area contributed by atoms with Gasteiger partial charge < -0.3 is 30.9 Å². The van der Waals surface area contributed by atoms with Gasteiger partial charge in [0.2, 0.25) is 17.7 Å². The van der Waals surface area contributed by atoms with Crippen LogP contribution in [0.4, 0.5) is 21.6 Å². The number of hydrogen-bond acceptors (Lipinski definition) is 8. The van der Waals surface area contributed by atoms with Gasteiger partial charge in [0.05, 0.1) is 30.0 Å². The van der Waals surface area contributed by atoms with E-state index in [-0.39, 0.29) is 23.4 Å². The summed E-state index contributed by atoms with van der Waals surface area (Å²) in [5.74, 6) is -0.728. The van der Waals surface area contributed by atoms with Crippen molar-refractivity contribution in [1.29, 1.82) is 0 Å². The fraction of sp³-hybridized carbons (Fsp3) is 0.433. The van der Waals surface area contributed by atoms with Crippen molar-refractivity contribution in [3.8, 4) is 5.75 Å². The third-order valence-electron chi connectivity index (χ3n) is 7.41. The normalized spacial score (nSPS) is 16.5. The SMILES string of the molecule is CN[C@@H](C)C(=O)N[C@H](C(=O)N1CCC[C@H]1C(=O)Nc1cc2c(Nc3ccccc3F)ncnc2cc1OC)C(C)(C)C. The Morgan fingerprint density at radius 2 is 1.86 bits per heavy atom. The molecule has 12 heteroatoms. The molecule has 0 bridgehead atoms. The average molecular weight is 580 g/mol. The lowest BCUT2D eigenvalue weighted by Crippen LogP contribution is -2.59. The maximum Gasteiger partial charge on any atom is 0.247 e. The molecule has 0 radical (unpaired) electrons. The summed E-state index contributed by atoms with van der Waals surface area (Å²) in [5.41, 5.74) is 0.524. The molecule has 2 aromatic carbocycles. The molecule has 3 aromatic rings. The smallest absolute Gasteiger partial charge is 0.247 e. The lowest BCUT2D eigenvalue weighted by Gasteiger charge is -2.36. The number of benzene rings is 2.